The van der Waals surface area contributed by atoms with Gasteiger partial charge in [-0.3, -0.25) is 9.59 Å². The van der Waals surface area contributed by atoms with E-state index in [0.29, 0.717) is 28.0 Å². The zero-order valence-corrected chi connectivity index (χ0v) is 12.9. The molecule has 2 aliphatic rings. The van der Waals surface area contributed by atoms with Gasteiger partial charge in [0.1, 0.15) is 5.76 Å². The van der Waals surface area contributed by atoms with Gasteiger partial charge in [0.25, 0.3) is 0 Å². The summed E-state index contributed by atoms with van der Waals surface area (Å²) < 4.78 is 16.1. The number of hydrogen-bond donors (Lipinski definition) is 0. The van der Waals surface area contributed by atoms with Crippen LogP contribution < -0.4 is 0 Å². The number of hydrogen-bond acceptors (Lipinski definition) is 5. The molecule has 1 heterocycles. The van der Waals surface area contributed by atoms with Crippen molar-refractivity contribution < 1.29 is 23.8 Å². The molecule has 1 aliphatic carbocycles. The Kier molecular flexibility index (Phi) is 3.47. The molecule has 5 heteroatoms. The molecule has 0 saturated heterocycles. The van der Waals surface area contributed by atoms with E-state index in [-0.39, 0.29) is 0 Å². The summed E-state index contributed by atoms with van der Waals surface area (Å²) in [4.78, 5) is 24.8. The van der Waals surface area contributed by atoms with Crippen LogP contribution in [-0.4, -0.2) is 25.8 Å². The molecule has 5 nitrogen and oxygen atoms in total. The van der Waals surface area contributed by atoms with Crippen LogP contribution >= 0.6 is 0 Å². The fourth-order valence-corrected chi connectivity index (χ4v) is 2.91. The summed E-state index contributed by atoms with van der Waals surface area (Å²) in [5.41, 5.74) is 3.60. The minimum atomic E-state index is -0.720. The van der Waals surface area contributed by atoms with Gasteiger partial charge >= 0.3 is 0 Å². The van der Waals surface area contributed by atoms with Gasteiger partial charge in [-0.25, -0.2) is 0 Å². The molecule has 1 aromatic carbocycles. The van der Waals surface area contributed by atoms with Gasteiger partial charge in [0.2, 0.25) is 11.6 Å². The molecule has 0 bridgehead atoms. The summed E-state index contributed by atoms with van der Waals surface area (Å²) in [6, 6.07) is 3.65. The highest BCUT2D eigenvalue weighted by Gasteiger charge is 2.38. The molecule has 114 valence electrons. The van der Waals surface area contributed by atoms with Crippen LogP contribution in [0.1, 0.15) is 47.2 Å². The van der Waals surface area contributed by atoms with Crippen LogP contribution in [0, 0.1) is 0 Å². The molecule has 0 radical (unpaired) electrons. The molecule has 1 aromatic rings. The zero-order chi connectivity index (χ0) is 16.0. The highest BCUT2D eigenvalue weighted by molar-refractivity contribution is 6.52. The quantitative estimate of drug-likeness (QED) is 0.634. The maximum absolute atomic E-state index is 12.6. The maximum atomic E-state index is 12.6. The van der Waals surface area contributed by atoms with E-state index >= 15 is 0 Å². The minimum absolute atomic E-state index is 0.309. The number of benzene rings is 1. The van der Waals surface area contributed by atoms with Crippen molar-refractivity contribution in [3.63, 3.8) is 0 Å². The predicted molar refractivity (Wildman–Crippen MR) is 79.9 cm³/mol. The molecule has 0 N–H and O–H groups in total. The number of ketones is 2. The van der Waals surface area contributed by atoms with Crippen LogP contribution in [0.25, 0.3) is 11.3 Å². The molecule has 22 heavy (non-hydrogen) atoms. The highest BCUT2D eigenvalue weighted by Crippen LogP contribution is 2.42. The Hall–Kier alpha value is -2.24. The third kappa shape index (κ3) is 1.86. The van der Waals surface area contributed by atoms with Gasteiger partial charge in [0.05, 0.1) is 6.26 Å². The van der Waals surface area contributed by atoms with Crippen LogP contribution in [0.3, 0.4) is 0 Å². The standard InChI is InChI=1S/C17H16O5/c1-8-7-22-16-9(2)14(18)15(19)12-11(17(20-3)21-4)6-5-10(8)13(12)16/h5-7,17H,1-4H3. The largest absolute Gasteiger partial charge is 0.464 e. The third-order valence-electron chi connectivity index (χ3n) is 4.04. The Morgan fingerprint density at radius 3 is 2.32 bits per heavy atom. The average Bonchev–Trinajstić information content (AvgIpc) is 2.53. The lowest BCUT2D eigenvalue weighted by Crippen LogP contribution is -2.28. The molecule has 0 amide bonds. The van der Waals surface area contributed by atoms with E-state index in [0.717, 1.165) is 11.1 Å². The molecule has 0 saturated carbocycles. The number of carbonyl (C=O) groups is 2. The zero-order valence-electron chi connectivity index (χ0n) is 12.9. The second-order valence-electron chi connectivity index (χ2n) is 5.29. The van der Waals surface area contributed by atoms with Crippen molar-refractivity contribution in [1.82, 2.24) is 0 Å². The first-order chi connectivity index (χ1) is 10.5. The fraction of sp³-hybridized carbons (Fsp3) is 0.294. The molecular weight excluding hydrogens is 284 g/mol. The first kappa shape index (κ1) is 14.7. The van der Waals surface area contributed by atoms with E-state index in [9.17, 15) is 9.59 Å². The van der Waals surface area contributed by atoms with Crippen molar-refractivity contribution in [3.8, 4) is 0 Å². The number of allylic oxidation sites excluding steroid dienone is 2. The van der Waals surface area contributed by atoms with E-state index in [1.165, 1.54) is 14.2 Å². The van der Waals surface area contributed by atoms with Crippen molar-refractivity contribution in [3.05, 3.63) is 46.2 Å². The van der Waals surface area contributed by atoms with Crippen molar-refractivity contribution in [2.24, 2.45) is 0 Å². The summed E-state index contributed by atoms with van der Waals surface area (Å²) in [6.07, 6.45) is 0.876. The molecule has 0 spiro atoms. The van der Waals surface area contributed by atoms with Gasteiger partial charge in [0.15, 0.2) is 6.29 Å². The predicted octanol–water partition coefficient (Wildman–Crippen LogP) is 2.87. The Morgan fingerprint density at radius 2 is 1.68 bits per heavy atom. The van der Waals surface area contributed by atoms with Crippen molar-refractivity contribution in [2.75, 3.05) is 14.2 Å². The van der Waals surface area contributed by atoms with Crippen LogP contribution in [0.15, 0.2) is 24.0 Å². The summed E-state index contributed by atoms with van der Waals surface area (Å²) in [7, 11) is 2.97. The number of rotatable bonds is 3. The van der Waals surface area contributed by atoms with E-state index < -0.39 is 17.9 Å². The Labute approximate surface area is 128 Å². The Morgan fingerprint density at radius 1 is 1.00 bits per heavy atom. The van der Waals surface area contributed by atoms with E-state index in [1.807, 2.05) is 13.0 Å². The van der Waals surface area contributed by atoms with Gasteiger partial charge < -0.3 is 14.2 Å². The molecule has 0 fully saturated rings. The third-order valence-corrected chi connectivity index (χ3v) is 4.04. The molecular formula is C17H16O5. The van der Waals surface area contributed by atoms with Gasteiger partial charge in [-0.2, -0.15) is 0 Å². The molecule has 0 aromatic heterocycles. The highest BCUT2D eigenvalue weighted by atomic mass is 16.7. The van der Waals surface area contributed by atoms with Crippen molar-refractivity contribution >= 4 is 22.9 Å². The fourth-order valence-electron chi connectivity index (χ4n) is 2.91. The number of methoxy groups -OCH3 is 2. The molecule has 3 rings (SSSR count). The summed E-state index contributed by atoms with van der Waals surface area (Å²) in [6.45, 7) is 3.50. The lowest BCUT2D eigenvalue weighted by molar-refractivity contribution is -0.112. The van der Waals surface area contributed by atoms with E-state index in [1.54, 1.807) is 19.3 Å². The monoisotopic (exact) mass is 300 g/mol. The Bertz CT molecular complexity index is 751. The minimum Gasteiger partial charge on any atom is -0.464 e. The van der Waals surface area contributed by atoms with Crippen molar-refractivity contribution in [1.29, 1.82) is 0 Å². The van der Waals surface area contributed by atoms with Crippen LogP contribution in [0.4, 0.5) is 0 Å². The van der Waals surface area contributed by atoms with Gasteiger partial charge in [0, 0.05) is 36.5 Å². The smallest absolute Gasteiger partial charge is 0.234 e. The van der Waals surface area contributed by atoms with Gasteiger partial charge in [-0.1, -0.05) is 12.1 Å². The second kappa shape index (κ2) is 5.19. The van der Waals surface area contributed by atoms with Crippen LogP contribution in [-0.2, 0) is 19.0 Å². The Balaban J connectivity index is 2.39. The normalized spacial score (nSPS) is 16.7. The topological polar surface area (TPSA) is 61.8 Å². The molecule has 1 aliphatic heterocycles. The number of carbonyl (C=O) groups excluding carboxylic acids is 2. The van der Waals surface area contributed by atoms with Gasteiger partial charge in [-0.15, -0.1) is 0 Å². The maximum Gasteiger partial charge on any atom is 0.234 e. The van der Waals surface area contributed by atoms with Crippen molar-refractivity contribution in [2.45, 2.75) is 20.1 Å². The first-order valence-electron chi connectivity index (χ1n) is 6.87. The SMILES string of the molecule is COC(OC)c1ccc2c3c1C(=O)C(=O)C(C)=C3OC=C2C. The summed E-state index contributed by atoms with van der Waals surface area (Å²) in [5, 5.41) is 0. The summed E-state index contributed by atoms with van der Waals surface area (Å²) in [5.74, 6) is -0.668. The average molecular weight is 300 g/mol. The first-order valence-corrected chi connectivity index (χ1v) is 6.87. The number of Topliss-reactive ketones (excluding diaryl/α,β-unsaturated/α-hetero) is 2. The van der Waals surface area contributed by atoms with Crippen LogP contribution in [0.2, 0.25) is 0 Å². The van der Waals surface area contributed by atoms with E-state index in [2.05, 4.69) is 0 Å². The van der Waals surface area contributed by atoms with Gasteiger partial charge in [-0.05, 0) is 25.0 Å². The van der Waals surface area contributed by atoms with Crippen LogP contribution in [0.5, 0.6) is 0 Å². The lowest BCUT2D eigenvalue weighted by Gasteiger charge is -2.28. The molecule has 0 atom stereocenters. The second-order valence-corrected chi connectivity index (χ2v) is 5.29. The molecule has 0 unspecified atom stereocenters. The summed E-state index contributed by atoms with van der Waals surface area (Å²) >= 11 is 0. The van der Waals surface area contributed by atoms with E-state index in [4.69, 9.17) is 14.2 Å². The number of ether oxygens (including phenoxy) is 3. The lowest BCUT2D eigenvalue weighted by atomic mass is 9.81.